The number of hydrogen-bond acceptors (Lipinski definition) is 4. The molecule has 2 rings (SSSR count). The van der Waals surface area contributed by atoms with Gasteiger partial charge in [0.15, 0.2) is 0 Å². The Morgan fingerprint density at radius 3 is 3.06 bits per heavy atom. The number of benzene rings is 1. The third-order valence-electron chi connectivity index (χ3n) is 2.18. The summed E-state index contributed by atoms with van der Waals surface area (Å²) in [4.78, 5) is 16.7. The van der Waals surface area contributed by atoms with E-state index in [2.05, 4.69) is 31.5 Å². The number of nitrogens with zero attached hydrogens (tertiary/aromatic N) is 1. The maximum atomic E-state index is 11.7. The van der Waals surface area contributed by atoms with Crippen molar-refractivity contribution in [3.05, 3.63) is 45.3 Å². The van der Waals surface area contributed by atoms with E-state index in [1.54, 1.807) is 23.0 Å². The zero-order chi connectivity index (χ0) is 12.8. The lowest BCUT2D eigenvalue weighted by Crippen LogP contribution is -2.27. The monoisotopic (exact) mass is 325 g/mol. The van der Waals surface area contributed by atoms with Gasteiger partial charge in [-0.25, -0.2) is 0 Å². The summed E-state index contributed by atoms with van der Waals surface area (Å²) in [5.41, 5.74) is 2.56. The second-order valence-electron chi connectivity index (χ2n) is 3.63. The molecule has 0 unspecified atom stereocenters. The van der Waals surface area contributed by atoms with Crippen molar-refractivity contribution in [1.82, 2.24) is 10.3 Å². The molecule has 0 bridgehead atoms. The molecule has 94 valence electrons. The third kappa shape index (κ3) is 4.21. The molecule has 0 atom stereocenters. The van der Waals surface area contributed by atoms with Crippen LogP contribution < -0.4 is 10.6 Å². The molecule has 0 fully saturated rings. The first-order chi connectivity index (χ1) is 8.74. The molecule has 0 radical (unpaired) electrons. The molecule has 0 aliphatic carbocycles. The van der Waals surface area contributed by atoms with Crippen molar-refractivity contribution in [3.8, 4) is 0 Å². The molecule has 1 aromatic carbocycles. The molecule has 4 nitrogen and oxygen atoms in total. The van der Waals surface area contributed by atoms with Crippen LogP contribution in [0.4, 0.5) is 5.69 Å². The van der Waals surface area contributed by atoms with Gasteiger partial charge in [0.05, 0.1) is 12.1 Å². The van der Waals surface area contributed by atoms with Crippen LogP contribution in [0.25, 0.3) is 0 Å². The van der Waals surface area contributed by atoms with E-state index in [0.717, 1.165) is 15.0 Å². The molecular formula is C12H12BrN3OS. The highest BCUT2D eigenvalue weighted by molar-refractivity contribution is 9.10. The predicted octanol–water partition coefficient (Wildman–Crippen LogP) is 2.63. The van der Waals surface area contributed by atoms with Gasteiger partial charge >= 0.3 is 0 Å². The number of carbonyl (C=O) groups excluding carboxylic acids is 1. The fraction of sp³-hybridized carbons (Fsp3) is 0.167. The van der Waals surface area contributed by atoms with E-state index in [0.29, 0.717) is 6.54 Å². The van der Waals surface area contributed by atoms with Crippen LogP contribution in [-0.2, 0) is 11.3 Å². The van der Waals surface area contributed by atoms with Crippen molar-refractivity contribution in [1.29, 1.82) is 0 Å². The van der Waals surface area contributed by atoms with E-state index in [-0.39, 0.29) is 12.5 Å². The van der Waals surface area contributed by atoms with Gasteiger partial charge < -0.3 is 10.6 Å². The molecular weight excluding hydrogens is 314 g/mol. The molecule has 2 N–H and O–H groups in total. The number of amides is 1. The SMILES string of the molecule is O=C(CNCc1cncs1)Nc1cccc(Br)c1. The van der Waals surface area contributed by atoms with Crippen LogP contribution in [0.1, 0.15) is 4.88 Å². The quantitative estimate of drug-likeness (QED) is 0.888. The Morgan fingerprint density at radius 2 is 2.33 bits per heavy atom. The second-order valence-corrected chi connectivity index (χ2v) is 5.52. The number of halogens is 1. The Kier molecular flexibility index (Phi) is 4.86. The predicted molar refractivity (Wildman–Crippen MR) is 76.6 cm³/mol. The lowest BCUT2D eigenvalue weighted by atomic mass is 10.3. The third-order valence-corrected chi connectivity index (χ3v) is 3.45. The molecule has 18 heavy (non-hydrogen) atoms. The van der Waals surface area contributed by atoms with Gasteiger partial charge in [0.25, 0.3) is 0 Å². The molecule has 0 aliphatic heterocycles. The average Bonchev–Trinajstić information content (AvgIpc) is 2.82. The molecule has 0 saturated carbocycles. The van der Waals surface area contributed by atoms with Gasteiger partial charge in [-0.05, 0) is 18.2 Å². The van der Waals surface area contributed by atoms with E-state index < -0.39 is 0 Å². The Bertz CT molecular complexity index is 516. The summed E-state index contributed by atoms with van der Waals surface area (Å²) < 4.78 is 0.943. The van der Waals surface area contributed by atoms with E-state index >= 15 is 0 Å². The van der Waals surface area contributed by atoms with Crippen molar-refractivity contribution in [2.24, 2.45) is 0 Å². The maximum Gasteiger partial charge on any atom is 0.238 e. The zero-order valence-electron chi connectivity index (χ0n) is 9.52. The van der Waals surface area contributed by atoms with E-state index in [4.69, 9.17) is 0 Å². The van der Waals surface area contributed by atoms with Gasteiger partial charge in [-0.1, -0.05) is 22.0 Å². The van der Waals surface area contributed by atoms with Crippen LogP contribution in [0.5, 0.6) is 0 Å². The van der Waals surface area contributed by atoms with Crippen LogP contribution in [0.3, 0.4) is 0 Å². The minimum Gasteiger partial charge on any atom is -0.325 e. The van der Waals surface area contributed by atoms with Gasteiger partial charge in [0.2, 0.25) is 5.91 Å². The number of anilines is 1. The average molecular weight is 326 g/mol. The number of thiazole rings is 1. The first kappa shape index (κ1) is 13.2. The largest absolute Gasteiger partial charge is 0.325 e. The normalized spacial score (nSPS) is 10.3. The smallest absolute Gasteiger partial charge is 0.238 e. The highest BCUT2D eigenvalue weighted by Crippen LogP contribution is 2.15. The fourth-order valence-electron chi connectivity index (χ4n) is 1.40. The molecule has 2 aromatic rings. The number of carbonyl (C=O) groups is 1. The molecule has 0 aliphatic rings. The summed E-state index contributed by atoms with van der Waals surface area (Å²) >= 11 is 4.93. The van der Waals surface area contributed by atoms with Crippen LogP contribution >= 0.6 is 27.3 Å². The molecule has 1 aromatic heterocycles. The van der Waals surface area contributed by atoms with Crippen molar-refractivity contribution in [3.63, 3.8) is 0 Å². The summed E-state index contributed by atoms with van der Waals surface area (Å²) in [6.45, 7) is 0.945. The molecule has 1 heterocycles. The lowest BCUT2D eigenvalue weighted by Gasteiger charge is -2.06. The van der Waals surface area contributed by atoms with Crippen LogP contribution in [-0.4, -0.2) is 17.4 Å². The van der Waals surface area contributed by atoms with Crippen molar-refractivity contribution < 1.29 is 4.79 Å². The number of rotatable bonds is 5. The highest BCUT2D eigenvalue weighted by atomic mass is 79.9. The van der Waals surface area contributed by atoms with Gasteiger partial charge in [0.1, 0.15) is 0 Å². The number of aromatic nitrogens is 1. The zero-order valence-corrected chi connectivity index (χ0v) is 11.9. The summed E-state index contributed by atoms with van der Waals surface area (Å²) in [5.74, 6) is -0.0578. The van der Waals surface area contributed by atoms with Crippen LogP contribution in [0, 0.1) is 0 Å². The standard InChI is InChI=1S/C12H12BrN3OS/c13-9-2-1-3-10(4-9)16-12(17)7-14-5-11-6-15-8-18-11/h1-4,6,8,14H,5,7H2,(H,16,17). The highest BCUT2D eigenvalue weighted by Gasteiger charge is 2.02. The lowest BCUT2D eigenvalue weighted by molar-refractivity contribution is -0.115. The van der Waals surface area contributed by atoms with Gasteiger partial charge in [-0.3, -0.25) is 9.78 Å². The fourth-order valence-corrected chi connectivity index (χ4v) is 2.36. The first-order valence-electron chi connectivity index (χ1n) is 5.37. The summed E-state index contributed by atoms with van der Waals surface area (Å²) in [6, 6.07) is 7.51. The minimum atomic E-state index is -0.0578. The van der Waals surface area contributed by atoms with Gasteiger partial charge in [0, 0.05) is 27.8 Å². The van der Waals surface area contributed by atoms with Crippen molar-refractivity contribution in [2.75, 3.05) is 11.9 Å². The van der Waals surface area contributed by atoms with Gasteiger partial charge in [-0.2, -0.15) is 0 Å². The summed E-state index contributed by atoms with van der Waals surface area (Å²) in [6.07, 6.45) is 1.80. The van der Waals surface area contributed by atoms with Crippen LogP contribution in [0.15, 0.2) is 40.4 Å². The second kappa shape index (κ2) is 6.63. The Labute approximate surface area is 118 Å². The topological polar surface area (TPSA) is 54.0 Å². The molecule has 0 spiro atoms. The first-order valence-corrected chi connectivity index (χ1v) is 7.05. The van der Waals surface area contributed by atoms with Crippen LogP contribution in [0.2, 0.25) is 0 Å². The van der Waals surface area contributed by atoms with Crippen molar-refractivity contribution in [2.45, 2.75) is 6.54 Å². The number of hydrogen-bond donors (Lipinski definition) is 2. The Hall–Kier alpha value is -1.24. The molecule has 0 saturated heterocycles. The van der Waals surface area contributed by atoms with E-state index in [9.17, 15) is 4.79 Å². The van der Waals surface area contributed by atoms with E-state index in [1.165, 1.54) is 0 Å². The Balaban J connectivity index is 1.75. The summed E-state index contributed by atoms with van der Waals surface area (Å²) in [7, 11) is 0. The molecule has 1 amide bonds. The minimum absolute atomic E-state index is 0.0578. The molecule has 6 heteroatoms. The number of nitrogens with one attached hydrogen (secondary N) is 2. The van der Waals surface area contributed by atoms with E-state index in [1.807, 2.05) is 24.3 Å². The van der Waals surface area contributed by atoms with Crippen molar-refractivity contribution >= 4 is 38.9 Å². The summed E-state index contributed by atoms with van der Waals surface area (Å²) in [5, 5.41) is 5.89. The van der Waals surface area contributed by atoms with Gasteiger partial charge in [-0.15, -0.1) is 11.3 Å². The maximum absolute atomic E-state index is 11.7. The Morgan fingerprint density at radius 1 is 1.44 bits per heavy atom.